The molecule has 1 saturated heterocycles. The molecule has 0 bridgehead atoms. The highest BCUT2D eigenvalue weighted by atomic mass is 32.2. The minimum atomic E-state index is -0.710. The molecule has 0 aromatic heterocycles. The molecule has 9 heteroatoms. The van der Waals surface area contributed by atoms with E-state index in [1.165, 1.54) is 30.3 Å². The van der Waals surface area contributed by atoms with E-state index in [2.05, 4.69) is 57.0 Å². The molecule has 5 rings (SSSR count). The lowest BCUT2D eigenvalue weighted by Gasteiger charge is -2.27. The monoisotopic (exact) mass is 487 g/mol. The van der Waals surface area contributed by atoms with Gasteiger partial charge in [0.15, 0.2) is 0 Å². The Bertz CT molecular complexity index is 980. The van der Waals surface area contributed by atoms with Crippen molar-refractivity contribution in [2.45, 2.75) is 25.4 Å². The highest BCUT2D eigenvalue weighted by molar-refractivity contribution is 7.85. The summed E-state index contributed by atoms with van der Waals surface area (Å²) in [7, 11) is 3.34. The second-order valence-electron chi connectivity index (χ2n) is 9.16. The number of hydrogen-bond donors (Lipinski definition) is 2. The zero-order valence-electron chi connectivity index (χ0n) is 19.9. The Morgan fingerprint density at radius 3 is 2.56 bits per heavy atom. The van der Waals surface area contributed by atoms with Gasteiger partial charge in [-0.2, -0.15) is 5.10 Å². The standard InChI is InChI=1S/C13H18N4.C12H16FNO2S/c1-14-11-7-5-10(6-8-11)13-16-15-12(17(13)2)9-3-4-9;13-12-2-1-10(9-15)7-11(12)8-14-3-5-17(16)6-4-14/h5-9,13-14,16H,3-4H2,1-2H3;2,7,9-10H,1,3-6,8H2. The van der Waals surface area contributed by atoms with E-state index in [0.717, 1.165) is 25.1 Å². The number of hydrazone groups is 1. The zero-order chi connectivity index (χ0) is 24.1. The van der Waals surface area contributed by atoms with E-state index in [-0.39, 0.29) is 17.9 Å². The SMILES string of the molecule is CNc1ccc(C2NN=C(C3CC3)N2C)cc1.O=CC1C=C(CN2CCS(=O)CC2)C(F)=CC1. The quantitative estimate of drug-likeness (QED) is 0.601. The number of amidine groups is 1. The first-order valence-corrected chi connectivity index (χ1v) is 13.4. The highest BCUT2D eigenvalue weighted by Crippen LogP contribution is 2.36. The maximum atomic E-state index is 13.6. The van der Waals surface area contributed by atoms with Crippen LogP contribution in [0.15, 0.2) is 52.9 Å². The van der Waals surface area contributed by atoms with E-state index in [1.54, 1.807) is 6.08 Å². The number of nitrogens with zero attached hydrogens (tertiary/aromatic N) is 3. The number of benzene rings is 1. The molecule has 0 spiro atoms. The van der Waals surface area contributed by atoms with Crippen LogP contribution in [-0.2, 0) is 15.6 Å². The molecule has 2 aliphatic heterocycles. The maximum absolute atomic E-state index is 13.6. The zero-order valence-corrected chi connectivity index (χ0v) is 20.7. The maximum Gasteiger partial charge on any atom is 0.142 e. The lowest BCUT2D eigenvalue weighted by Crippen LogP contribution is -2.39. The van der Waals surface area contributed by atoms with Gasteiger partial charge in [-0.05, 0) is 48.6 Å². The largest absolute Gasteiger partial charge is 0.388 e. The summed E-state index contributed by atoms with van der Waals surface area (Å²) in [6, 6.07) is 8.48. The van der Waals surface area contributed by atoms with Gasteiger partial charge < -0.3 is 15.0 Å². The number of carbonyl (C=O) groups is 1. The smallest absolute Gasteiger partial charge is 0.142 e. The van der Waals surface area contributed by atoms with Crippen molar-refractivity contribution in [3.63, 3.8) is 0 Å². The van der Waals surface area contributed by atoms with Crippen LogP contribution < -0.4 is 10.7 Å². The van der Waals surface area contributed by atoms with Gasteiger partial charge in [0.1, 0.15) is 24.1 Å². The normalized spacial score (nSPS) is 25.4. The molecule has 0 amide bonds. The average Bonchev–Trinajstić information content (AvgIpc) is 3.63. The summed E-state index contributed by atoms with van der Waals surface area (Å²) in [6.45, 7) is 2.00. The summed E-state index contributed by atoms with van der Waals surface area (Å²) in [6.07, 6.45) is 7.28. The summed E-state index contributed by atoms with van der Waals surface area (Å²) in [4.78, 5) is 15.0. The van der Waals surface area contributed by atoms with Crippen LogP contribution in [0.5, 0.6) is 0 Å². The van der Waals surface area contributed by atoms with Gasteiger partial charge >= 0.3 is 0 Å². The predicted molar refractivity (Wildman–Crippen MR) is 136 cm³/mol. The predicted octanol–water partition coefficient (Wildman–Crippen LogP) is 3.03. The van der Waals surface area contributed by atoms with Crippen molar-refractivity contribution in [3.05, 3.63) is 53.4 Å². The lowest BCUT2D eigenvalue weighted by atomic mass is 9.96. The lowest BCUT2D eigenvalue weighted by molar-refractivity contribution is -0.109. The molecule has 2 heterocycles. The molecule has 4 aliphatic rings. The molecule has 2 atom stereocenters. The third-order valence-corrected chi connectivity index (χ3v) is 7.91. The number of rotatable bonds is 6. The second kappa shape index (κ2) is 11.3. The van der Waals surface area contributed by atoms with Crippen molar-refractivity contribution in [1.29, 1.82) is 0 Å². The fourth-order valence-electron chi connectivity index (χ4n) is 4.35. The van der Waals surface area contributed by atoms with Crippen molar-refractivity contribution in [2.24, 2.45) is 16.9 Å². The Kier molecular flexibility index (Phi) is 8.15. The molecule has 2 unspecified atom stereocenters. The van der Waals surface area contributed by atoms with Gasteiger partial charge in [-0.25, -0.2) is 4.39 Å². The third-order valence-electron chi connectivity index (χ3n) is 6.64. The topological polar surface area (TPSA) is 77.0 Å². The van der Waals surface area contributed by atoms with Crippen molar-refractivity contribution >= 4 is 28.6 Å². The molecule has 1 saturated carbocycles. The number of anilines is 1. The number of halogens is 1. The van der Waals surface area contributed by atoms with Gasteiger partial charge in [-0.3, -0.25) is 14.5 Å². The first kappa shape index (κ1) is 24.6. The minimum absolute atomic E-state index is 0.191. The minimum Gasteiger partial charge on any atom is -0.388 e. The Labute approximate surface area is 203 Å². The van der Waals surface area contributed by atoms with Crippen LogP contribution in [-0.4, -0.2) is 71.4 Å². The van der Waals surface area contributed by atoms with Gasteiger partial charge in [0.2, 0.25) is 0 Å². The summed E-state index contributed by atoms with van der Waals surface area (Å²) < 4.78 is 24.8. The third kappa shape index (κ3) is 6.13. The van der Waals surface area contributed by atoms with Crippen molar-refractivity contribution in [3.8, 4) is 0 Å². The van der Waals surface area contributed by atoms with Crippen molar-refractivity contribution in [1.82, 2.24) is 15.2 Å². The molecule has 0 radical (unpaired) electrons. The number of aldehydes is 1. The summed E-state index contributed by atoms with van der Waals surface area (Å²) >= 11 is 0. The fraction of sp³-hybridized carbons (Fsp3) is 0.520. The van der Waals surface area contributed by atoms with Crippen LogP contribution in [0.2, 0.25) is 0 Å². The van der Waals surface area contributed by atoms with Crippen LogP contribution in [0.1, 0.15) is 31.0 Å². The molecule has 2 N–H and O–H groups in total. The fourth-order valence-corrected chi connectivity index (χ4v) is 5.48. The Balaban J connectivity index is 0.000000161. The molecule has 1 aromatic carbocycles. The Hall–Kier alpha value is -2.52. The molecular formula is C25H34FN5O2S. The van der Waals surface area contributed by atoms with E-state index in [1.807, 2.05) is 7.05 Å². The van der Waals surface area contributed by atoms with E-state index in [9.17, 15) is 13.4 Å². The second-order valence-corrected chi connectivity index (χ2v) is 10.9. The van der Waals surface area contributed by atoms with Crippen LogP contribution in [0.4, 0.5) is 10.1 Å². The molecule has 1 aromatic rings. The van der Waals surface area contributed by atoms with Gasteiger partial charge in [0, 0.05) is 73.6 Å². The van der Waals surface area contributed by atoms with Gasteiger partial charge in [0.05, 0.1) is 0 Å². The first-order chi connectivity index (χ1) is 16.5. The van der Waals surface area contributed by atoms with Crippen molar-refractivity contribution in [2.75, 3.05) is 50.6 Å². The number of carbonyl (C=O) groups excluding carboxylic acids is 1. The van der Waals surface area contributed by atoms with Gasteiger partial charge in [-0.1, -0.05) is 18.2 Å². The van der Waals surface area contributed by atoms with E-state index in [0.29, 0.717) is 36.0 Å². The van der Waals surface area contributed by atoms with E-state index >= 15 is 0 Å². The average molecular weight is 488 g/mol. The Morgan fingerprint density at radius 2 is 1.94 bits per heavy atom. The van der Waals surface area contributed by atoms with Crippen LogP contribution in [0.25, 0.3) is 0 Å². The van der Waals surface area contributed by atoms with Crippen molar-refractivity contribution < 1.29 is 13.4 Å². The van der Waals surface area contributed by atoms with E-state index in [4.69, 9.17) is 0 Å². The highest BCUT2D eigenvalue weighted by Gasteiger charge is 2.36. The summed E-state index contributed by atoms with van der Waals surface area (Å²) in [5.74, 6) is 2.82. The molecular weight excluding hydrogens is 453 g/mol. The number of hydrogen-bond acceptors (Lipinski definition) is 7. The van der Waals surface area contributed by atoms with Gasteiger partial charge in [-0.15, -0.1) is 0 Å². The van der Waals surface area contributed by atoms with Gasteiger partial charge in [0.25, 0.3) is 0 Å². The molecule has 184 valence electrons. The molecule has 34 heavy (non-hydrogen) atoms. The summed E-state index contributed by atoms with van der Waals surface area (Å²) in [5.41, 5.74) is 6.22. The van der Waals surface area contributed by atoms with Crippen LogP contribution in [0, 0.1) is 11.8 Å². The first-order valence-electron chi connectivity index (χ1n) is 11.9. The molecule has 2 aliphatic carbocycles. The van der Waals surface area contributed by atoms with Crippen LogP contribution >= 0.6 is 0 Å². The number of allylic oxidation sites excluding steroid dienone is 2. The van der Waals surface area contributed by atoms with E-state index < -0.39 is 10.8 Å². The molecule has 2 fully saturated rings. The number of nitrogens with one attached hydrogen (secondary N) is 2. The molecule has 7 nitrogen and oxygen atoms in total. The Morgan fingerprint density at radius 1 is 1.24 bits per heavy atom. The summed E-state index contributed by atoms with van der Waals surface area (Å²) in [5, 5.41) is 7.59. The van der Waals surface area contributed by atoms with Crippen LogP contribution in [0.3, 0.4) is 0 Å².